The number of aryl methyl sites for hydroxylation is 1. The highest BCUT2D eigenvalue weighted by molar-refractivity contribution is 6.08. The minimum absolute atomic E-state index is 0.205. The van der Waals surface area contributed by atoms with E-state index in [1.807, 2.05) is 19.1 Å². The van der Waals surface area contributed by atoms with Gasteiger partial charge in [0.15, 0.2) is 0 Å². The number of hydrogen-bond donors (Lipinski definition) is 3. The molecular weight excluding hydrogens is 254 g/mol. The number of fused-ring (bicyclic) bond motifs is 1. The van der Waals surface area contributed by atoms with Gasteiger partial charge < -0.3 is 11.1 Å². The van der Waals surface area contributed by atoms with E-state index >= 15 is 0 Å². The van der Waals surface area contributed by atoms with Gasteiger partial charge in [-0.3, -0.25) is 4.79 Å². The molecular formula is C14H13N5O. The van der Waals surface area contributed by atoms with Crippen LogP contribution in [0.15, 0.2) is 36.4 Å². The highest BCUT2D eigenvalue weighted by atomic mass is 16.1. The Bertz CT molecular complexity index is 793. The Morgan fingerprint density at radius 1 is 1.25 bits per heavy atom. The van der Waals surface area contributed by atoms with Crippen LogP contribution in [-0.4, -0.2) is 21.3 Å². The predicted molar refractivity (Wildman–Crippen MR) is 77.4 cm³/mol. The van der Waals surface area contributed by atoms with Gasteiger partial charge in [-0.1, -0.05) is 6.07 Å². The monoisotopic (exact) mass is 267 g/mol. The molecule has 4 N–H and O–H groups in total. The van der Waals surface area contributed by atoms with Crippen molar-refractivity contribution in [2.75, 3.05) is 11.1 Å². The molecule has 0 bridgehead atoms. The Balaban J connectivity index is 1.92. The normalized spacial score (nSPS) is 10.7. The van der Waals surface area contributed by atoms with Crippen LogP contribution in [0.1, 0.15) is 15.9 Å². The maximum absolute atomic E-state index is 12.2. The summed E-state index contributed by atoms with van der Waals surface area (Å²) in [5.74, 6) is -0.205. The average Bonchev–Trinajstić information content (AvgIpc) is 2.91. The number of carbonyl (C=O) groups excluding carboxylic acids is 1. The van der Waals surface area contributed by atoms with Crippen molar-refractivity contribution >= 4 is 28.3 Å². The zero-order chi connectivity index (χ0) is 14.1. The molecule has 1 aromatic heterocycles. The van der Waals surface area contributed by atoms with E-state index in [1.165, 1.54) is 0 Å². The molecule has 2 aromatic carbocycles. The van der Waals surface area contributed by atoms with Crippen molar-refractivity contribution in [2.24, 2.45) is 0 Å². The van der Waals surface area contributed by atoms with Gasteiger partial charge in [-0.25, -0.2) is 0 Å². The first-order valence-electron chi connectivity index (χ1n) is 6.12. The first kappa shape index (κ1) is 12.2. The molecule has 0 aliphatic carbocycles. The molecule has 0 unspecified atom stereocenters. The number of rotatable bonds is 2. The molecule has 1 amide bonds. The summed E-state index contributed by atoms with van der Waals surface area (Å²) in [4.78, 5) is 12.2. The zero-order valence-electron chi connectivity index (χ0n) is 10.8. The number of para-hydroxylation sites is 1. The lowest BCUT2D eigenvalue weighted by Gasteiger charge is -2.07. The zero-order valence-corrected chi connectivity index (χ0v) is 10.8. The van der Waals surface area contributed by atoms with Crippen molar-refractivity contribution in [1.29, 1.82) is 0 Å². The van der Waals surface area contributed by atoms with Crippen molar-refractivity contribution < 1.29 is 4.79 Å². The molecule has 0 aliphatic rings. The molecule has 6 heteroatoms. The third-order valence-corrected chi connectivity index (χ3v) is 3.13. The number of benzene rings is 2. The van der Waals surface area contributed by atoms with Crippen LogP contribution in [0, 0.1) is 6.92 Å². The minimum Gasteiger partial charge on any atom is -0.399 e. The summed E-state index contributed by atoms with van der Waals surface area (Å²) in [5.41, 5.74) is 9.80. The SMILES string of the molecule is Cc1cc(C(=O)Nc2cccc3n[nH]nc23)ccc1N. The van der Waals surface area contributed by atoms with E-state index in [0.29, 0.717) is 28.0 Å². The molecule has 0 atom stereocenters. The molecule has 3 aromatic rings. The van der Waals surface area contributed by atoms with Crippen LogP contribution < -0.4 is 11.1 Å². The fourth-order valence-corrected chi connectivity index (χ4v) is 1.98. The van der Waals surface area contributed by atoms with Crippen LogP contribution in [0.5, 0.6) is 0 Å². The molecule has 6 nitrogen and oxygen atoms in total. The summed E-state index contributed by atoms with van der Waals surface area (Å²) in [6, 6.07) is 10.6. The molecule has 1 heterocycles. The predicted octanol–water partition coefficient (Wildman–Crippen LogP) is 2.10. The van der Waals surface area contributed by atoms with E-state index in [2.05, 4.69) is 20.7 Å². The maximum Gasteiger partial charge on any atom is 0.255 e. The maximum atomic E-state index is 12.2. The Morgan fingerprint density at radius 3 is 2.90 bits per heavy atom. The lowest BCUT2D eigenvalue weighted by molar-refractivity contribution is 0.102. The van der Waals surface area contributed by atoms with E-state index in [4.69, 9.17) is 5.73 Å². The smallest absolute Gasteiger partial charge is 0.255 e. The van der Waals surface area contributed by atoms with Gasteiger partial charge in [-0.05, 0) is 42.8 Å². The van der Waals surface area contributed by atoms with E-state index in [1.54, 1.807) is 24.3 Å². The summed E-state index contributed by atoms with van der Waals surface area (Å²) in [6.07, 6.45) is 0. The molecule has 0 aliphatic heterocycles. The minimum atomic E-state index is -0.205. The topological polar surface area (TPSA) is 96.7 Å². The second-order valence-corrected chi connectivity index (χ2v) is 4.52. The second kappa shape index (κ2) is 4.65. The van der Waals surface area contributed by atoms with Crippen LogP contribution in [0.3, 0.4) is 0 Å². The molecule has 100 valence electrons. The third kappa shape index (κ3) is 2.07. The summed E-state index contributed by atoms with van der Waals surface area (Å²) in [5, 5.41) is 13.4. The van der Waals surface area contributed by atoms with E-state index in [-0.39, 0.29) is 5.91 Å². The fraction of sp³-hybridized carbons (Fsp3) is 0.0714. The molecule has 20 heavy (non-hydrogen) atoms. The Morgan fingerprint density at radius 2 is 2.10 bits per heavy atom. The van der Waals surface area contributed by atoms with Gasteiger partial charge >= 0.3 is 0 Å². The van der Waals surface area contributed by atoms with Gasteiger partial charge in [0.25, 0.3) is 5.91 Å². The number of nitrogens with zero attached hydrogens (tertiary/aromatic N) is 2. The number of nitrogens with two attached hydrogens (primary N) is 1. The Labute approximate surface area is 115 Å². The Kier molecular flexibility index (Phi) is 2.83. The number of anilines is 2. The van der Waals surface area contributed by atoms with Gasteiger partial charge in [0, 0.05) is 11.3 Å². The van der Waals surface area contributed by atoms with Crippen molar-refractivity contribution in [1.82, 2.24) is 15.4 Å². The largest absolute Gasteiger partial charge is 0.399 e. The molecule has 0 spiro atoms. The second-order valence-electron chi connectivity index (χ2n) is 4.52. The fourth-order valence-electron chi connectivity index (χ4n) is 1.98. The number of carbonyl (C=O) groups is 1. The molecule has 0 fully saturated rings. The number of aromatic amines is 1. The lowest BCUT2D eigenvalue weighted by atomic mass is 10.1. The van der Waals surface area contributed by atoms with Crippen LogP contribution in [0.25, 0.3) is 11.0 Å². The molecule has 0 saturated carbocycles. The summed E-state index contributed by atoms with van der Waals surface area (Å²) >= 11 is 0. The van der Waals surface area contributed by atoms with E-state index in [0.717, 1.165) is 5.56 Å². The van der Waals surface area contributed by atoms with Crippen molar-refractivity contribution in [3.8, 4) is 0 Å². The van der Waals surface area contributed by atoms with E-state index in [9.17, 15) is 4.79 Å². The first-order chi connectivity index (χ1) is 9.65. The van der Waals surface area contributed by atoms with Gasteiger partial charge in [0.1, 0.15) is 11.0 Å². The molecule has 0 saturated heterocycles. The lowest BCUT2D eigenvalue weighted by Crippen LogP contribution is -2.12. The number of amides is 1. The quantitative estimate of drug-likeness (QED) is 0.619. The molecule has 3 rings (SSSR count). The van der Waals surface area contributed by atoms with Gasteiger partial charge in [-0.2, -0.15) is 15.4 Å². The number of nitrogens with one attached hydrogen (secondary N) is 2. The molecule has 0 radical (unpaired) electrons. The number of nitrogen functional groups attached to an aromatic ring is 1. The summed E-state index contributed by atoms with van der Waals surface area (Å²) < 4.78 is 0. The van der Waals surface area contributed by atoms with Crippen LogP contribution in [0.2, 0.25) is 0 Å². The first-order valence-corrected chi connectivity index (χ1v) is 6.12. The summed E-state index contributed by atoms with van der Waals surface area (Å²) in [6.45, 7) is 1.87. The number of hydrogen-bond acceptors (Lipinski definition) is 4. The number of H-pyrrole nitrogens is 1. The Hall–Kier alpha value is -2.89. The highest BCUT2D eigenvalue weighted by Gasteiger charge is 2.10. The van der Waals surface area contributed by atoms with E-state index < -0.39 is 0 Å². The van der Waals surface area contributed by atoms with Gasteiger partial charge in [-0.15, -0.1) is 0 Å². The van der Waals surface area contributed by atoms with Crippen LogP contribution in [-0.2, 0) is 0 Å². The van der Waals surface area contributed by atoms with Crippen molar-refractivity contribution in [2.45, 2.75) is 6.92 Å². The van der Waals surface area contributed by atoms with Gasteiger partial charge in [0.05, 0.1) is 5.69 Å². The summed E-state index contributed by atoms with van der Waals surface area (Å²) in [7, 11) is 0. The third-order valence-electron chi connectivity index (χ3n) is 3.13. The average molecular weight is 267 g/mol. The number of aromatic nitrogens is 3. The van der Waals surface area contributed by atoms with Crippen LogP contribution >= 0.6 is 0 Å². The van der Waals surface area contributed by atoms with Crippen LogP contribution in [0.4, 0.5) is 11.4 Å². The van der Waals surface area contributed by atoms with Gasteiger partial charge in [0.2, 0.25) is 0 Å². The van der Waals surface area contributed by atoms with Crippen molar-refractivity contribution in [3.63, 3.8) is 0 Å². The highest BCUT2D eigenvalue weighted by Crippen LogP contribution is 2.20. The standard InChI is InChI=1S/C14H13N5O/c1-8-7-9(5-6-10(8)15)14(20)16-11-3-2-4-12-13(11)18-19-17-12/h2-7H,15H2,1H3,(H,16,20)(H,17,18,19). The van der Waals surface area contributed by atoms with Crippen molar-refractivity contribution in [3.05, 3.63) is 47.5 Å².